The highest BCUT2D eigenvalue weighted by atomic mass is 35.5. The fourth-order valence-corrected chi connectivity index (χ4v) is 2.26. The third-order valence-corrected chi connectivity index (χ3v) is 3.77. The van der Waals surface area contributed by atoms with Crippen molar-refractivity contribution in [1.82, 2.24) is 5.32 Å². The second-order valence-electron chi connectivity index (χ2n) is 5.56. The number of nitrogens with two attached hydrogens (primary N) is 1. The zero-order valence-corrected chi connectivity index (χ0v) is 14.4. The molecular formula is C18H23ClN2O2. The molecule has 0 spiro atoms. The maximum atomic E-state index is 12.4. The van der Waals surface area contributed by atoms with E-state index in [0.717, 1.165) is 22.4 Å². The van der Waals surface area contributed by atoms with Crippen molar-refractivity contribution < 1.29 is 9.53 Å². The summed E-state index contributed by atoms with van der Waals surface area (Å²) in [6, 6.07) is 15.2. The lowest BCUT2D eigenvalue weighted by Crippen LogP contribution is -2.48. The molecule has 23 heavy (non-hydrogen) atoms. The zero-order valence-electron chi connectivity index (χ0n) is 13.6. The van der Waals surface area contributed by atoms with Crippen molar-refractivity contribution in [3.8, 4) is 5.75 Å². The molecule has 124 valence electrons. The first-order valence-corrected chi connectivity index (χ1v) is 7.21. The van der Waals surface area contributed by atoms with Gasteiger partial charge in [-0.05, 0) is 36.6 Å². The molecular weight excluding hydrogens is 312 g/mol. The van der Waals surface area contributed by atoms with Gasteiger partial charge in [0.15, 0.2) is 0 Å². The summed E-state index contributed by atoms with van der Waals surface area (Å²) in [4.78, 5) is 12.4. The van der Waals surface area contributed by atoms with Crippen molar-refractivity contribution in [3.63, 3.8) is 0 Å². The molecule has 3 N–H and O–H groups in total. The molecule has 0 aliphatic carbocycles. The maximum absolute atomic E-state index is 12.4. The van der Waals surface area contributed by atoms with Crippen molar-refractivity contribution in [1.29, 1.82) is 0 Å². The van der Waals surface area contributed by atoms with Crippen molar-refractivity contribution in [2.24, 2.45) is 5.73 Å². The van der Waals surface area contributed by atoms with Crippen LogP contribution in [0.2, 0.25) is 0 Å². The minimum absolute atomic E-state index is 0. The molecule has 0 saturated carbocycles. The summed E-state index contributed by atoms with van der Waals surface area (Å²) in [5.74, 6) is 0.601. The Kier molecular flexibility index (Phi) is 6.61. The summed E-state index contributed by atoms with van der Waals surface area (Å²) < 4.78 is 5.29. The lowest BCUT2D eigenvalue weighted by atomic mass is 9.92. The first-order valence-electron chi connectivity index (χ1n) is 7.21. The quantitative estimate of drug-likeness (QED) is 0.883. The summed E-state index contributed by atoms with van der Waals surface area (Å²) in [6.45, 7) is 4.11. The van der Waals surface area contributed by atoms with Gasteiger partial charge in [0, 0.05) is 6.54 Å². The smallest absolute Gasteiger partial charge is 0.244 e. The Morgan fingerprint density at radius 2 is 1.87 bits per heavy atom. The van der Waals surface area contributed by atoms with Gasteiger partial charge < -0.3 is 15.8 Å². The van der Waals surface area contributed by atoms with Crippen LogP contribution in [0.4, 0.5) is 0 Å². The van der Waals surface area contributed by atoms with Gasteiger partial charge in [0.2, 0.25) is 5.91 Å². The van der Waals surface area contributed by atoms with E-state index in [9.17, 15) is 4.79 Å². The number of ether oxygens (including phenoxy) is 1. The molecule has 2 aromatic carbocycles. The first-order chi connectivity index (χ1) is 10.4. The molecule has 0 aromatic heterocycles. The molecule has 4 nitrogen and oxygen atoms in total. The summed E-state index contributed by atoms with van der Waals surface area (Å²) in [6.07, 6.45) is 0. The van der Waals surface area contributed by atoms with Crippen LogP contribution < -0.4 is 15.8 Å². The van der Waals surface area contributed by atoms with Crippen molar-refractivity contribution in [2.75, 3.05) is 7.11 Å². The number of carbonyl (C=O) groups excluding carboxylic acids is 1. The van der Waals surface area contributed by atoms with Gasteiger partial charge in [-0.2, -0.15) is 0 Å². The Labute approximate surface area is 143 Å². The highest BCUT2D eigenvalue weighted by Crippen LogP contribution is 2.20. The van der Waals surface area contributed by atoms with Crippen LogP contribution in [0.5, 0.6) is 5.75 Å². The van der Waals surface area contributed by atoms with Crippen LogP contribution in [0.15, 0.2) is 48.5 Å². The Bertz CT molecular complexity index is 657. The van der Waals surface area contributed by atoms with E-state index in [-0.39, 0.29) is 18.3 Å². The third kappa shape index (κ3) is 4.47. The van der Waals surface area contributed by atoms with Gasteiger partial charge in [0.1, 0.15) is 11.3 Å². The second kappa shape index (κ2) is 7.99. The number of aryl methyl sites for hydroxylation is 1. The van der Waals surface area contributed by atoms with Gasteiger partial charge in [-0.3, -0.25) is 4.79 Å². The number of hydrogen-bond donors (Lipinski definition) is 2. The van der Waals surface area contributed by atoms with Crippen LogP contribution >= 0.6 is 12.4 Å². The molecule has 0 bridgehead atoms. The van der Waals surface area contributed by atoms with Gasteiger partial charge in [-0.25, -0.2) is 0 Å². The Morgan fingerprint density at radius 3 is 2.48 bits per heavy atom. The number of halogens is 1. The van der Waals surface area contributed by atoms with E-state index in [2.05, 4.69) is 5.32 Å². The minimum atomic E-state index is -1.06. The molecule has 1 unspecified atom stereocenters. The number of nitrogens with one attached hydrogen (secondary N) is 1. The lowest BCUT2D eigenvalue weighted by molar-refractivity contribution is -0.126. The minimum Gasteiger partial charge on any atom is -0.496 e. The van der Waals surface area contributed by atoms with E-state index < -0.39 is 5.54 Å². The Hall–Kier alpha value is -2.04. The SMILES string of the molecule is COc1cc(CNC(=O)C(C)(N)c2ccccc2)ccc1C.Cl. The van der Waals surface area contributed by atoms with E-state index in [1.165, 1.54) is 0 Å². The van der Waals surface area contributed by atoms with Crippen LogP contribution in [-0.4, -0.2) is 13.0 Å². The largest absolute Gasteiger partial charge is 0.496 e. The van der Waals surface area contributed by atoms with Crippen LogP contribution in [0, 0.1) is 6.92 Å². The molecule has 2 aromatic rings. The van der Waals surface area contributed by atoms with E-state index in [1.54, 1.807) is 14.0 Å². The summed E-state index contributed by atoms with van der Waals surface area (Å²) in [5.41, 5.74) is 7.95. The van der Waals surface area contributed by atoms with E-state index in [1.807, 2.05) is 55.5 Å². The van der Waals surface area contributed by atoms with Crippen molar-refractivity contribution in [2.45, 2.75) is 25.9 Å². The Balaban J connectivity index is 0.00000264. The normalized spacial score (nSPS) is 12.7. The third-order valence-electron chi connectivity index (χ3n) is 3.77. The molecule has 1 atom stereocenters. The van der Waals surface area contributed by atoms with Gasteiger partial charge in [0.05, 0.1) is 7.11 Å². The summed E-state index contributed by atoms with van der Waals surface area (Å²) >= 11 is 0. The van der Waals surface area contributed by atoms with Gasteiger partial charge in [0.25, 0.3) is 0 Å². The van der Waals surface area contributed by atoms with Gasteiger partial charge in [-0.15, -0.1) is 12.4 Å². The monoisotopic (exact) mass is 334 g/mol. The fraction of sp³-hybridized carbons (Fsp3) is 0.278. The van der Waals surface area contributed by atoms with E-state index >= 15 is 0 Å². The number of methoxy groups -OCH3 is 1. The maximum Gasteiger partial charge on any atom is 0.244 e. The molecule has 0 heterocycles. The van der Waals surface area contributed by atoms with Crippen molar-refractivity contribution >= 4 is 18.3 Å². The highest BCUT2D eigenvalue weighted by molar-refractivity contribution is 5.87. The summed E-state index contributed by atoms with van der Waals surface area (Å²) in [7, 11) is 1.64. The predicted molar refractivity (Wildman–Crippen MR) is 94.8 cm³/mol. The van der Waals surface area contributed by atoms with Crippen LogP contribution in [-0.2, 0) is 16.9 Å². The number of carbonyl (C=O) groups is 1. The average molecular weight is 335 g/mol. The number of benzene rings is 2. The number of rotatable bonds is 5. The van der Waals surface area contributed by atoms with Crippen molar-refractivity contribution in [3.05, 3.63) is 65.2 Å². The van der Waals surface area contributed by atoms with E-state index in [4.69, 9.17) is 10.5 Å². The highest BCUT2D eigenvalue weighted by Gasteiger charge is 2.29. The molecule has 0 radical (unpaired) electrons. The first kappa shape index (κ1) is 19.0. The Morgan fingerprint density at radius 1 is 1.22 bits per heavy atom. The molecule has 0 aliphatic heterocycles. The standard InChI is InChI=1S/C18H22N2O2.ClH/c1-13-9-10-14(11-16(13)22-3)12-20-17(21)18(2,19)15-7-5-4-6-8-15;/h4-11H,12,19H2,1-3H3,(H,20,21);1H. The molecule has 2 rings (SSSR count). The number of amides is 1. The van der Waals surface area contributed by atoms with Crippen LogP contribution in [0.25, 0.3) is 0 Å². The topological polar surface area (TPSA) is 64.3 Å². The van der Waals surface area contributed by atoms with Crippen LogP contribution in [0.1, 0.15) is 23.6 Å². The number of hydrogen-bond acceptors (Lipinski definition) is 3. The molecule has 5 heteroatoms. The molecule has 0 fully saturated rings. The lowest BCUT2D eigenvalue weighted by Gasteiger charge is -2.24. The second-order valence-corrected chi connectivity index (χ2v) is 5.56. The molecule has 0 aliphatic rings. The predicted octanol–water partition coefficient (Wildman–Crippen LogP) is 2.92. The molecule has 1 amide bonds. The van der Waals surface area contributed by atoms with E-state index in [0.29, 0.717) is 6.54 Å². The fourth-order valence-electron chi connectivity index (χ4n) is 2.26. The molecule has 0 saturated heterocycles. The average Bonchev–Trinajstić information content (AvgIpc) is 2.54. The van der Waals surface area contributed by atoms with Crippen LogP contribution in [0.3, 0.4) is 0 Å². The zero-order chi connectivity index (χ0) is 16.2. The van der Waals surface area contributed by atoms with Gasteiger partial charge in [-0.1, -0.05) is 42.5 Å². The summed E-state index contributed by atoms with van der Waals surface area (Å²) in [5, 5.41) is 2.89. The van der Waals surface area contributed by atoms with Gasteiger partial charge >= 0.3 is 0 Å².